The Kier molecular flexibility index (Phi) is 3.22. The van der Waals surface area contributed by atoms with Gasteiger partial charge in [-0.1, -0.05) is 0 Å². The first-order valence-corrected chi connectivity index (χ1v) is 5.12. The Labute approximate surface area is 75.3 Å². The zero-order valence-corrected chi connectivity index (χ0v) is 7.67. The number of carbonyl (C=O) groups is 1. The van der Waals surface area contributed by atoms with Gasteiger partial charge in [-0.05, 0) is 19.1 Å². The van der Waals surface area contributed by atoms with Crippen LogP contribution in [0.15, 0.2) is 0 Å². The average molecular weight is 191 g/mol. The molecule has 0 aromatic heterocycles. The first-order chi connectivity index (χ1) is 5.63. The van der Waals surface area contributed by atoms with E-state index in [1.807, 2.05) is 6.26 Å². The number of hydrogen-bond donors (Lipinski definition) is 3. The van der Waals surface area contributed by atoms with E-state index in [2.05, 4.69) is 5.32 Å². The van der Waals surface area contributed by atoms with E-state index in [1.165, 1.54) is 0 Å². The van der Waals surface area contributed by atoms with Gasteiger partial charge in [0.15, 0.2) is 0 Å². The fourth-order valence-electron chi connectivity index (χ4n) is 1.48. The van der Waals surface area contributed by atoms with Crippen LogP contribution in [0.2, 0.25) is 0 Å². The number of hydrogen-bond acceptors (Lipinski definition) is 3. The van der Waals surface area contributed by atoms with Crippen molar-refractivity contribution in [3.05, 3.63) is 0 Å². The lowest BCUT2D eigenvalue weighted by Gasteiger charge is -2.12. The molecule has 3 atom stereocenters. The Hall–Kier alpha value is -0.420. The molecular weight excluding hydrogens is 178 g/mol. The predicted octanol–water partition coefficient (Wildman–Crippen LogP) is 0.509. The van der Waals surface area contributed by atoms with Crippen molar-refractivity contribution in [2.75, 3.05) is 6.26 Å². The number of carboxylic acid groups (broad SMARTS) is 1. The Morgan fingerprint density at radius 2 is 2.25 bits per heavy atom. The second-order valence-corrected chi connectivity index (χ2v) is 4.09. The van der Waals surface area contributed by atoms with Gasteiger partial charge in [0.25, 0.3) is 0 Å². The molecule has 1 rings (SSSR count). The summed E-state index contributed by atoms with van der Waals surface area (Å²) in [6.07, 6.45) is 1.82. The molecule has 0 unspecified atom stereocenters. The predicted molar refractivity (Wildman–Crippen MR) is 47.5 cm³/mol. The highest BCUT2D eigenvalue weighted by molar-refractivity contribution is 7.99. The van der Waals surface area contributed by atoms with Crippen LogP contribution in [0.5, 0.6) is 0 Å². The van der Waals surface area contributed by atoms with Gasteiger partial charge in [-0.3, -0.25) is 0 Å². The molecule has 70 valence electrons. The molecule has 3 N–H and O–H groups in total. The minimum absolute atomic E-state index is 0.278. The maximum Gasteiger partial charge on any atom is 0.404 e. The lowest BCUT2D eigenvalue weighted by molar-refractivity contribution is 0.138. The number of amides is 1. The standard InChI is InChI=1S/C7H13NO3S/c1-12-4-2-5(6(9)3-4)8-7(10)11/h4-6,8-9H,2-3H2,1H3,(H,10,11)/t4-,5-,6-/m1/s1. The van der Waals surface area contributed by atoms with Crippen LogP contribution in [0.3, 0.4) is 0 Å². The van der Waals surface area contributed by atoms with Crippen molar-refractivity contribution >= 4 is 17.9 Å². The normalized spacial score (nSPS) is 35.0. The summed E-state index contributed by atoms with van der Waals surface area (Å²) < 4.78 is 0. The van der Waals surface area contributed by atoms with Gasteiger partial charge in [0.1, 0.15) is 0 Å². The van der Waals surface area contributed by atoms with Crippen LogP contribution >= 0.6 is 11.8 Å². The molecule has 5 heteroatoms. The molecule has 12 heavy (non-hydrogen) atoms. The summed E-state index contributed by atoms with van der Waals surface area (Å²) in [5, 5.41) is 20.5. The molecule has 1 aliphatic rings. The lowest BCUT2D eigenvalue weighted by atomic mass is 10.2. The Bertz CT molecular complexity index is 176. The molecule has 0 aromatic rings. The fourth-order valence-corrected chi connectivity index (χ4v) is 2.27. The maximum atomic E-state index is 10.3. The molecule has 0 spiro atoms. The van der Waals surface area contributed by atoms with Crippen molar-refractivity contribution in [1.82, 2.24) is 5.32 Å². The highest BCUT2D eigenvalue weighted by Crippen LogP contribution is 2.28. The van der Waals surface area contributed by atoms with Crippen molar-refractivity contribution in [2.45, 2.75) is 30.2 Å². The van der Waals surface area contributed by atoms with Crippen LogP contribution in [0.4, 0.5) is 4.79 Å². The molecule has 4 nitrogen and oxygen atoms in total. The summed E-state index contributed by atoms with van der Waals surface area (Å²) in [5.41, 5.74) is 0. The van der Waals surface area contributed by atoms with Crippen molar-refractivity contribution < 1.29 is 15.0 Å². The van der Waals surface area contributed by atoms with Crippen molar-refractivity contribution in [3.63, 3.8) is 0 Å². The number of aliphatic hydroxyl groups is 1. The van der Waals surface area contributed by atoms with Gasteiger partial charge in [0, 0.05) is 5.25 Å². The number of nitrogens with one attached hydrogen (secondary N) is 1. The molecule has 1 saturated carbocycles. The average Bonchev–Trinajstić information content (AvgIpc) is 2.31. The molecule has 1 aliphatic carbocycles. The van der Waals surface area contributed by atoms with Crippen molar-refractivity contribution in [1.29, 1.82) is 0 Å². The molecule has 1 fully saturated rings. The summed E-state index contributed by atoms with van der Waals surface area (Å²) in [6.45, 7) is 0. The van der Waals surface area contributed by atoms with Crippen LogP contribution in [-0.2, 0) is 0 Å². The molecule has 0 aromatic carbocycles. The van der Waals surface area contributed by atoms with Gasteiger partial charge < -0.3 is 15.5 Å². The third kappa shape index (κ3) is 2.28. The Balaban J connectivity index is 2.40. The monoisotopic (exact) mass is 191 g/mol. The van der Waals surface area contributed by atoms with E-state index in [4.69, 9.17) is 5.11 Å². The second kappa shape index (κ2) is 4.00. The van der Waals surface area contributed by atoms with Gasteiger partial charge in [-0.15, -0.1) is 0 Å². The highest BCUT2D eigenvalue weighted by Gasteiger charge is 2.33. The lowest BCUT2D eigenvalue weighted by Crippen LogP contribution is -2.38. The van der Waals surface area contributed by atoms with E-state index in [0.29, 0.717) is 11.7 Å². The minimum atomic E-state index is -1.05. The van der Waals surface area contributed by atoms with E-state index in [-0.39, 0.29) is 6.04 Å². The Morgan fingerprint density at radius 1 is 1.58 bits per heavy atom. The molecule has 0 saturated heterocycles. The molecule has 0 radical (unpaired) electrons. The van der Waals surface area contributed by atoms with E-state index in [0.717, 1.165) is 6.42 Å². The number of rotatable bonds is 2. The highest BCUT2D eigenvalue weighted by atomic mass is 32.2. The van der Waals surface area contributed by atoms with Crippen LogP contribution in [0.1, 0.15) is 12.8 Å². The number of aliphatic hydroxyl groups excluding tert-OH is 1. The van der Waals surface area contributed by atoms with E-state index >= 15 is 0 Å². The summed E-state index contributed by atoms with van der Waals surface area (Å²) in [4.78, 5) is 10.3. The van der Waals surface area contributed by atoms with Crippen molar-refractivity contribution in [2.24, 2.45) is 0 Å². The quantitative estimate of drug-likeness (QED) is 0.595. The van der Waals surface area contributed by atoms with Crippen LogP contribution in [0.25, 0.3) is 0 Å². The van der Waals surface area contributed by atoms with Gasteiger partial charge in [-0.25, -0.2) is 4.79 Å². The van der Waals surface area contributed by atoms with E-state index in [9.17, 15) is 9.90 Å². The zero-order valence-electron chi connectivity index (χ0n) is 6.86. The SMILES string of the molecule is CS[C@H]1C[C@@H](O)[C@H](NC(=O)O)C1. The van der Waals surface area contributed by atoms with Crippen LogP contribution < -0.4 is 5.32 Å². The molecule has 1 amide bonds. The Morgan fingerprint density at radius 3 is 2.67 bits per heavy atom. The molecule has 0 heterocycles. The smallest absolute Gasteiger partial charge is 0.404 e. The summed E-state index contributed by atoms with van der Waals surface area (Å²) >= 11 is 1.67. The van der Waals surface area contributed by atoms with Gasteiger partial charge >= 0.3 is 6.09 Å². The van der Waals surface area contributed by atoms with Crippen molar-refractivity contribution in [3.8, 4) is 0 Å². The van der Waals surface area contributed by atoms with Gasteiger partial charge in [0.05, 0.1) is 12.1 Å². The molecule has 0 bridgehead atoms. The van der Waals surface area contributed by atoms with Crippen LogP contribution in [-0.4, -0.2) is 40.0 Å². The zero-order chi connectivity index (χ0) is 9.14. The van der Waals surface area contributed by atoms with Gasteiger partial charge in [-0.2, -0.15) is 11.8 Å². The molecule has 0 aliphatic heterocycles. The summed E-state index contributed by atoms with van der Waals surface area (Å²) in [5.74, 6) is 0. The van der Waals surface area contributed by atoms with Crippen LogP contribution in [0, 0.1) is 0 Å². The third-order valence-electron chi connectivity index (χ3n) is 2.13. The molecular formula is C7H13NO3S. The van der Waals surface area contributed by atoms with Gasteiger partial charge in [0.2, 0.25) is 0 Å². The third-order valence-corrected chi connectivity index (χ3v) is 3.18. The maximum absolute atomic E-state index is 10.3. The first-order valence-electron chi connectivity index (χ1n) is 3.83. The topological polar surface area (TPSA) is 69.6 Å². The fraction of sp³-hybridized carbons (Fsp3) is 0.857. The van der Waals surface area contributed by atoms with E-state index < -0.39 is 12.2 Å². The first kappa shape index (κ1) is 9.67. The number of thioether (sulfide) groups is 1. The van der Waals surface area contributed by atoms with E-state index in [1.54, 1.807) is 11.8 Å². The summed E-state index contributed by atoms with van der Waals surface area (Å²) in [6, 6.07) is -0.278. The second-order valence-electron chi connectivity index (χ2n) is 2.95. The largest absolute Gasteiger partial charge is 0.465 e. The minimum Gasteiger partial charge on any atom is -0.465 e. The summed E-state index contributed by atoms with van der Waals surface area (Å²) in [7, 11) is 0.